The van der Waals surface area contributed by atoms with E-state index in [2.05, 4.69) is 0 Å². The van der Waals surface area contributed by atoms with E-state index >= 15 is 0 Å². The van der Waals surface area contributed by atoms with Gasteiger partial charge in [0.25, 0.3) is 0 Å². The van der Waals surface area contributed by atoms with Crippen molar-refractivity contribution in [1.29, 1.82) is 0 Å². The van der Waals surface area contributed by atoms with E-state index in [0.717, 1.165) is 0 Å². The average Bonchev–Trinajstić information content (AvgIpc) is 0. The SMILES string of the molecule is Br.Cl.[Cu].[Fe]. The minimum atomic E-state index is 0. The van der Waals surface area contributed by atoms with Crippen LogP contribution in [0.1, 0.15) is 0 Å². The van der Waals surface area contributed by atoms with E-state index in [9.17, 15) is 0 Å². The molecule has 0 fully saturated rings. The van der Waals surface area contributed by atoms with Crippen LogP contribution < -0.4 is 0 Å². The minimum Gasteiger partial charge on any atom is -0.147 e. The Morgan fingerprint density at radius 2 is 1.00 bits per heavy atom. The van der Waals surface area contributed by atoms with E-state index in [1.54, 1.807) is 0 Å². The van der Waals surface area contributed by atoms with Crippen LogP contribution in [-0.4, -0.2) is 0 Å². The van der Waals surface area contributed by atoms with Gasteiger partial charge in [0.05, 0.1) is 0 Å². The molecule has 0 aromatic heterocycles. The number of hydrogen-bond donors (Lipinski definition) is 0. The van der Waals surface area contributed by atoms with E-state index in [-0.39, 0.29) is 63.5 Å². The van der Waals surface area contributed by atoms with Crippen molar-refractivity contribution in [3.05, 3.63) is 0 Å². The Morgan fingerprint density at radius 1 is 1.00 bits per heavy atom. The second kappa shape index (κ2) is 21.3. The molecule has 4 heavy (non-hydrogen) atoms. The van der Waals surface area contributed by atoms with Crippen LogP contribution in [0.25, 0.3) is 0 Å². The van der Waals surface area contributed by atoms with Gasteiger partial charge in [-0.15, -0.1) is 29.4 Å². The zero-order chi connectivity index (χ0) is 0. The first-order chi connectivity index (χ1) is 0. The first-order valence-electron chi connectivity index (χ1n) is 0. The monoisotopic (exact) mass is 235 g/mol. The fraction of sp³-hybridized carbons (Fsp3) is 0. The molecule has 0 nitrogen and oxygen atoms in total. The van der Waals surface area contributed by atoms with Crippen LogP contribution in [0.4, 0.5) is 0 Å². The summed E-state index contributed by atoms with van der Waals surface area (Å²) in [4.78, 5) is 0. The molecule has 0 heterocycles. The van der Waals surface area contributed by atoms with Crippen molar-refractivity contribution in [2.24, 2.45) is 0 Å². The van der Waals surface area contributed by atoms with Crippen LogP contribution in [0, 0.1) is 0 Å². The zero-order valence-corrected chi connectivity index (χ0v) is 6.05. The van der Waals surface area contributed by atoms with Crippen LogP contribution in [0.3, 0.4) is 0 Å². The van der Waals surface area contributed by atoms with Crippen LogP contribution in [0.5, 0.6) is 0 Å². The van der Waals surface area contributed by atoms with Crippen molar-refractivity contribution >= 4 is 29.4 Å². The second-order valence-electron chi connectivity index (χ2n) is 0. The molecule has 0 amide bonds. The third-order valence-corrected chi connectivity index (χ3v) is 0. The summed E-state index contributed by atoms with van der Waals surface area (Å²) in [5, 5.41) is 0. The third-order valence-electron chi connectivity index (χ3n) is 0. The van der Waals surface area contributed by atoms with Gasteiger partial charge in [-0.05, 0) is 0 Å². The van der Waals surface area contributed by atoms with E-state index < -0.39 is 0 Å². The van der Waals surface area contributed by atoms with E-state index in [1.165, 1.54) is 0 Å². The van der Waals surface area contributed by atoms with Crippen LogP contribution in [-0.2, 0) is 34.1 Å². The fourth-order valence-electron chi connectivity index (χ4n) is 0. The first kappa shape index (κ1) is 41.1. The maximum Gasteiger partial charge on any atom is 0 e. The van der Waals surface area contributed by atoms with E-state index in [4.69, 9.17) is 0 Å². The van der Waals surface area contributed by atoms with Crippen molar-refractivity contribution in [3.8, 4) is 0 Å². The Labute approximate surface area is 63.2 Å². The number of hydrogen-bond acceptors (Lipinski definition) is 0. The quantitative estimate of drug-likeness (QED) is 0.551. The van der Waals surface area contributed by atoms with Gasteiger partial charge in [0.15, 0.2) is 0 Å². The summed E-state index contributed by atoms with van der Waals surface area (Å²) in [5.74, 6) is 0. The maximum atomic E-state index is 0. The van der Waals surface area contributed by atoms with Crippen molar-refractivity contribution in [2.45, 2.75) is 0 Å². The van der Waals surface area contributed by atoms with Gasteiger partial charge in [-0.2, -0.15) is 0 Å². The van der Waals surface area contributed by atoms with Crippen molar-refractivity contribution in [3.63, 3.8) is 0 Å². The van der Waals surface area contributed by atoms with Gasteiger partial charge in [-0.3, -0.25) is 0 Å². The molecule has 35 valence electrons. The standard InChI is InChI=1S/BrH.ClH.Cu.Fe/h2*1H;;. The summed E-state index contributed by atoms with van der Waals surface area (Å²) < 4.78 is 0. The van der Waals surface area contributed by atoms with Crippen LogP contribution in [0.15, 0.2) is 0 Å². The van der Waals surface area contributed by atoms with Gasteiger partial charge in [0.2, 0.25) is 0 Å². The predicted molar refractivity (Wildman–Crippen MR) is 17.6 cm³/mol. The van der Waals surface area contributed by atoms with Gasteiger partial charge in [-0.25, -0.2) is 0 Å². The molecule has 0 atom stereocenters. The zero-order valence-electron chi connectivity index (χ0n) is 1.47. The summed E-state index contributed by atoms with van der Waals surface area (Å²) in [6, 6.07) is 0. The van der Waals surface area contributed by atoms with Gasteiger partial charge in [-0.1, -0.05) is 0 Å². The molecule has 0 saturated heterocycles. The third kappa shape index (κ3) is 9.18. The van der Waals surface area contributed by atoms with E-state index in [0.29, 0.717) is 0 Å². The van der Waals surface area contributed by atoms with E-state index in [1.807, 2.05) is 0 Å². The smallest absolute Gasteiger partial charge is 0 e. The fourth-order valence-corrected chi connectivity index (χ4v) is 0. The van der Waals surface area contributed by atoms with Gasteiger partial charge < -0.3 is 0 Å². The molecule has 4 heteroatoms. The number of halogens is 2. The molecular formula is H2BrClCuFe. The van der Waals surface area contributed by atoms with Crippen molar-refractivity contribution in [1.82, 2.24) is 0 Å². The molecule has 0 spiro atoms. The minimum absolute atomic E-state index is 0. The van der Waals surface area contributed by atoms with Crippen molar-refractivity contribution in [2.75, 3.05) is 0 Å². The second-order valence-corrected chi connectivity index (χ2v) is 0. The average molecular weight is 237 g/mol. The summed E-state index contributed by atoms with van der Waals surface area (Å²) in [6.45, 7) is 0. The van der Waals surface area contributed by atoms with Crippen molar-refractivity contribution < 1.29 is 34.1 Å². The molecular weight excluding hydrogens is 235 g/mol. The molecule has 0 aromatic carbocycles. The molecule has 0 aromatic rings. The van der Waals surface area contributed by atoms with Gasteiger partial charge in [0.1, 0.15) is 0 Å². The predicted octanol–water partition coefficient (Wildman–Crippen LogP) is 0.995. The first-order valence-corrected chi connectivity index (χ1v) is 0. The molecule has 0 rings (SSSR count). The number of rotatable bonds is 0. The molecule has 0 unspecified atom stereocenters. The molecule has 0 saturated carbocycles. The summed E-state index contributed by atoms with van der Waals surface area (Å²) in [7, 11) is 0. The largest absolute Gasteiger partial charge is 0.147 e. The molecule has 0 aliphatic carbocycles. The summed E-state index contributed by atoms with van der Waals surface area (Å²) in [6.07, 6.45) is 0. The van der Waals surface area contributed by atoms with Gasteiger partial charge >= 0.3 is 0 Å². The Hall–Kier alpha value is 1.81. The summed E-state index contributed by atoms with van der Waals surface area (Å²) in [5.41, 5.74) is 0. The summed E-state index contributed by atoms with van der Waals surface area (Å²) >= 11 is 0. The Bertz CT molecular complexity index is 8.00. The van der Waals surface area contributed by atoms with Crippen LogP contribution in [0.2, 0.25) is 0 Å². The van der Waals surface area contributed by atoms with Crippen LogP contribution >= 0.6 is 29.4 Å². The molecule has 0 aliphatic rings. The topological polar surface area (TPSA) is 0 Å². The molecule has 0 bridgehead atoms. The Morgan fingerprint density at radius 3 is 1.00 bits per heavy atom. The normalized spacial score (nSPS) is 0. The molecule has 1 radical (unpaired) electrons. The maximum absolute atomic E-state index is 0. The Kier molecular flexibility index (Phi) is 219. The molecule has 0 N–H and O–H groups in total. The Balaban J connectivity index is 0. The van der Waals surface area contributed by atoms with Gasteiger partial charge in [0, 0.05) is 34.1 Å². The molecule has 0 aliphatic heterocycles.